The molecule has 0 radical (unpaired) electrons. The quantitative estimate of drug-likeness (QED) is 0.564. The van der Waals surface area contributed by atoms with Gasteiger partial charge < -0.3 is 25.0 Å². The molecule has 0 spiro atoms. The molecule has 11 heteroatoms. The van der Waals surface area contributed by atoms with E-state index in [9.17, 15) is 27.6 Å². The maximum absolute atomic E-state index is 13.1. The van der Waals surface area contributed by atoms with E-state index in [-0.39, 0.29) is 36.0 Å². The van der Waals surface area contributed by atoms with Gasteiger partial charge in [0, 0.05) is 30.8 Å². The molecule has 2 aliphatic heterocycles. The minimum absolute atomic E-state index is 0.0738. The van der Waals surface area contributed by atoms with Crippen molar-refractivity contribution in [3.05, 3.63) is 59.2 Å². The number of carbonyl (C=O) groups excluding carboxylic acids is 3. The van der Waals surface area contributed by atoms with Crippen molar-refractivity contribution in [2.45, 2.75) is 38.9 Å². The fourth-order valence-electron chi connectivity index (χ4n) is 4.49. The third-order valence-electron chi connectivity index (χ3n) is 6.65. The Balaban J connectivity index is 1.42. The molecule has 2 N–H and O–H groups in total. The van der Waals surface area contributed by atoms with Crippen LogP contribution in [-0.2, 0) is 11.0 Å². The van der Waals surface area contributed by atoms with E-state index in [1.165, 1.54) is 12.1 Å². The van der Waals surface area contributed by atoms with Gasteiger partial charge in [0.1, 0.15) is 6.04 Å². The fourth-order valence-corrected chi connectivity index (χ4v) is 4.49. The largest absolute Gasteiger partial charge is 0.454 e. The van der Waals surface area contributed by atoms with E-state index in [0.717, 1.165) is 12.1 Å². The van der Waals surface area contributed by atoms with Gasteiger partial charge in [-0.3, -0.25) is 14.4 Å². The summed E-state index contributed by atoms with van der Waals surface area (Å²) in [6.45, 7) is 5.05. The molecule has 1 atom stereocenters. The summed E-state index contributed by atoms with van der Waals surface area (Å²) >= 11 is 0. The lowest BCUT2D eigenvalue weighted by atomic mass is 9.88. The number of nitrogens with one attached hydrogen (secondary N) is 2. The lowest BCUT2D eigenvalue weighted by Gasteiger charge is -2.36. The monoisotopic (exact) mass is 533 g/mol. The molecule has 0 aromatic heterocycles. The second kappa shape index (κ2) is 11.3. The van der Waals surface area contributed by atoms with Crippen molar-refractivity contribution in [3.8, 4) is 11.5 Å². The van der Waals surface area contributed by atoms with Crippen molar-refractivity contribution >= 4 is 17.7 Å². The number of halogens is 3. The molecule has 38 heavy (non-hydrogen) atoms. The molecule has 0 saturated carbocycles. The lowest BCUT2D eigenvalue weighted by Crippen LogP contribution is -2.54. The molecule has 2 aromatic rings. The molecule has 3 amide bonds. The van der Waals surface area contributed by atoms with Gasteiger partial charge in [-0.05, 0) is 67.1 Å². The van der Waals surface area contributed by atoms with Crippen LogP contribution in [0.4, 0.5) is 13.2 Å². The van der Waals surface area contributed by atoms with Crippen LogP contribution in [0.5, 0.6) is 11.5 Å². The molecule has 1 saturated heterocycles. The van der Waals surface area contributed by atoms with E-state index in [2.05, 4.69) is 10.6 Å². The van der Waals surface area contributed by atoms with Crippen molar-refractivity contribution < 1.29 is 37.0 Å². The molecular formula is C27H30F3N3O5. The Kier molecular flexibility index (Phi) is 8.13. The zero-order valence-corrected chi connectivity index (χ0v) is 21.1. The van der Waals surface area contributed by atoms with Gasteiger partial charge in [-0.2, -0.15) is 13.2 Å². The van der Waals surface area contributed by atoms with Crippen LogP contribution >= 0.6 is 0 Å². The summed E-state index contributed by atoms with van der Waals surface area (Å²) in [4.78, 5) is 40.6. The van der Waals surface area contributed by atoms with Crippen molar-refractivity contribution in [3.63, 3.8) is 0 Å². The number of hydrogen-bond donors (Lipinski definition) is 2. The van der Waals surface area contributed by atoms with Crippen LogP contribution in [0.2, 0.25) is 0 Å². The van der Waals surface area contributed by atoms with Crippen LogP contribution in [0.1, 0.15) is 53.0 Å². The van der Waals surface area contributed by atoms with E-state index in [4.69, 9.17) is 9.47 Å². The summed E-state index contributed by atoms with van der Waals surface area (Å²) in [6.07, 6.45) is -3.60. The Bertz CT molecular complexity index is 1180. The van der Waals surface area contributed by atoms with E-state index >= 15 is 0 Å². The summed E-state index contributed by atoms with van der Waals surface area (Å²) < 4.78 is 49.2. The highest BCUT2D eigenvalue weighted by molar-refractivity contribution is 5.98. The molecule has 4 rings (SSSR count). The van der Waals surface area contributed by atoms with E-state index in [1.54, 1.807) is 23.1 Å². The summed E-state index contributed by atoms with van der Waals surface area (Å²) in [7, 11) is 0. The highest BCUT2D eigenvalue weighted by Crippen LogP contribution is 2.33. The third kappa shape index (κ3) is 6.38. The van der Waals surface area contributed by atoms with Crippen LogP contribution in [-0.4, -0.2) is 55.1 Å². The highest BCUT2D eigenvalue weighted by Gasteiger charge is 2.35. The van der Waals surface area contributed by atoms with Crippen LogP contribution in [0, 0.1) is 11.8 Å². The number of hydrogen-bond acceptors (Lipinski definition) is 5. The summed E-state index contributed by atoms with van der Waals surface area (Å²) in [5, 5.41) is 5.74. The average Bonchev–Trinajstić information content (AvgIpc) is 3.37. The van der Waals surface area contributed by atoms with Gasteiger partial charge in [-0.1, -0.05) is 13.8 Å². The Hall–Kier alpha value is -3.76. The topological polar surface area (TPSA) is 97.0 Å². The Morgan fingerprint density at radius 1 is 0.974 bits per heavy atom. The van der Waals surface area contributed by atoms with E-state index in [0.29, 0.717) is 49.5 Å². The Morgan fingerprint density at radius 2 is 1.61 bits per heavy atom. The number of alkyl halides is 3. The number of nitrogens with zero attached hydrogens (tertiary/aromatic N) is 1. The number of piperidine rings is 1. The van der Waals surface area contributed by atoms with Gasteiger partial charge in [0.25, 0.3) is 11.8 Å². The van der Waals surface area contributed by atoms with Crippen molar-refractivity contribution in [2.24, 2.45) is 11.8 Å². The Morgan fingerprint density at radius 3 is 2.24 bits per heavy atom. The standard InChI is InChI=1S/C27H30F3N3O5/c1-16(2)14-31-25(35)23(32-24(34)19-5-8-21-22(13-19)38-15-37-21)17-9-11-33(12-10-17)26(36)18-3-6-20(7-4-18)27(28,29)30/h3-8,13,16-17,23H,9-12,14-15H2,1-2H3,(H,31,35)(H,32,34)/t23-/m0/s1. The van der Waals surface area contributed by atoms with E-state index < -0.39 is 23.7 Å². The minimum Gasteiger partial charge on any atom is -0.454 e. The predicted molar refractivity (Wildman–Crippen MR) is 132 cm³/mol. The lowest BCUT2D eigenvalue weighted by molar-refractivity contribution is -0.137. The molecule has 2 aromatic carbocycles. The molecular weight excluding hydrogens is 503 g/mol. The number of fused-ring (bicyclic) bond motifs is 1. The first-order chi connectivity index (χ1) is 18.0. The second-order valence-corrected chi connectivity index (χ2v) is 9.86. The van der Waals surface area contributed by atoms with Gasteiger partial charge in [-0.25, -0.2) is 0 Å². The predicted octanol–water partition coefficient (Wildman–Crippen LogP) is 3.86. The third-order valence-corrected chi connectivity index (χ3v) is 6.65. The van der Waals surface area contributed by atoms with Crippen molar-refractivity contribution in [1.82, 2.24) is 15.5 Å². The molecule has 1 fully saturated rings. The summed E-state index contributed by atoms with van der Waals surface area (Å²) in [5.41, 5.74) is -0.328. The van der Waals surface area contributed by atoms with Gasteiger partial charge in [0.2, 0.25) is 12.7 Å². The normalized spacial score (nSPS) is 16.3. The van der Waals surface area contributed by atoms with Crippen LogP contribution in [0.3, 0.4) is 0 Å². The first-order valence-corrected chi connectivity index (χ1v) is 12.5. The summed E-state index contributed by atoms with van der Waals surface area (Å²) in [6, 6.07) is 8.09. The Labute approximate surface area is 218 Å². The van der Waals surface area contributed by atoms with E-state index in [1.807, 2.05) is 13.8 Å². The highest BCUT2D eigenvalue weighted by atomic mass is 19.4. The van der Waals surface area contributed by atoms with Gasteiger partial charge in [-0.15, -0.1) is 0 Å². The average molecular weight is 534 g/mol. The molecule has 0 aliphatic carbocycles. The van der Waals surface area contributed by atoms with Crippen LogP contribution in [0.15, 0.2) is 42.5 Å². The van der Waals surface area contributed by atoms with Gasteiger partial charge in [0.15, 0.2) is 11.5 Å². The van der Waals surface area contributed by atoms with Gasteiger partial charge in [0.05, 0.1) is 5.56 Å². The van der Waals surface area contributed by atoms with Gasteiger partial charge >= 0.3 is 6.18 Å². The zero-order valence-electron chi connectivity index (χ0n) is 21.1. The molecule has 204 valence electrons. The molecule has 0 bridgehead atoms. The number of likely N-dealkylation sites (tertiary alicyclic amines) is 1. The SMILES string of the molecule is CC(C)CNC(=O)[C@@H](NC(=O)c1ccc2c(c1)OCO2)C1CCN(C(=O)c2ccc(C(F)(F)F)cc2)CC1. The van der Waals surface area contributed by atoms with Crippen molar-refractivity contribution in [1.29, 1.82) is 0 Å². The molecule has 8 nitrogen and oxygen atoms in total. The fraction of sp³-hybridized carbons (Fsp3) is 0.444. The maximum atomic E-state index is 13.1. The van der Waals surface area contributed by atoms with Crippen LogP contribution < -0.4 is 20.1 Å². The first kappa shape index (κ1) is 27.3. The number of amides is 3. The molecule has 2 aliphatic rings. The minimum atomic E-state index is -4.48. The second-order valence-electron chi connectivity index (χ2n) is 9.86. The zero-order chi connectivity index (χ0) is 27.4. The van der Waals surface area contributed by atoms with Crippen molar-refractivity contribution in [2.75, 3.05) is 26.4 Å². The number of benzene rings is 2. The number of rotatable bonds is 7. The maximum Gasteiger partial charge on any atom is 0.416 e. The molecule has 2 heterocycles. The van der Waals surface area contributed by atoms with Crippen LogP contribution in [0.25, 0.3) is 0 Å². The number of ether oxygens (including phenoxy) is 2. The summed E-state index contributed by atoms with van der Waals surface area (Å²) in [5.74, 6) is -0.144. The molecule has 0 unspecified atom stereocenters. The first-order valence-electron chi connectivity index (χ1n) is 12.5. The number of carbonyl (C=O) groups is 3. The smallest absolute Gasteiger partial charge is 0.416 e.